The lowest BCUT2D eigenvalue weighted by atomic mass is 10.2. The van der Waals surface area contributed by atoms with Crippen molar-refractivity contribution in [1.82, 2.24) is 0 Å². The maximum Gasteiger partial charge on any atom is 0.246 e. The fourth-order valence-corrected chi connectivity index (χ4v) is 2.13. The third-order valence-corrected chi connectivity index (χ3v) is 3.48. The minimum absolute atomic E-state index is 0.127. The van der Waals surface area contributed by atoms with E-state index in [2.05, 4.69) is 10.6 Å². The molecule has 2 aromatic carbocycles. The van der Waals surface area contributed by atoms with Crippen LogP contribution in [0.25, 0.3) is 0 Å². The molecule has 0 aromatic heterocycles. The minimum atomic E-state index is -0.370. The molecule has 0 heterocycles. The zero-order valence-electron chi connectivity index (χ0n) is 13.8. The Morgan fingerprint density at radius 3 is 2.17 bits per heavy atom. The molecule has 23 heavy (non-hydrogen) atoms. The van der Waals surface area contributed by atoms with Crippen molar-refractivity contribution in [2.75, 3.05) is 24.9 Å². The molecule has 1 amide bonds. The number of carbonyl (C=O) groups excluding carboxylic acids is 1. The van der Waals surface area contributed by atoms with Crippen LogP contribution in [-0.4, -0.2) is 26.2 Å². The lowest BCUT2D eigenvalue weighted by Gasteiger charge is -2.16. The van der Waals surface area contributed by atoms with E-state index < -0.39 is 0 Å². The van der Waals surface area contributed by atoms with Gasteiger partial charge in [-0.25, -0.2) is 0 Å². The van der Waals surface area contributed by atoms with Crippen molar-refractivity contribution in [2.45, 2.75) is 19.9 Å². The van der Waals surface area contributed by atoms with Crippen molar-refractivity contribution in [3.05, 3.63) is 48.0 Å². The number of hydrogen-bond donors (Lipinski definition) is 2. The van der Waals surface area contributed by atoms with Gasteiger partial charge in [0.05, 0.1) is 14.2 Å². The Bertz CT molecular complexity index is 668. The number of benzene rings is 2. The summed E-state index contributed by atoms with van der Waals surface area (Å²) in [6.45, 7) is 3.84. The Kier molecular flexibility index (Phi) is 5.46. The molecule has 0 radical (unpaired) electrons. The van der Waals surface area contributed by atoms with E-state index in [0.717, 1.165) is 5.69 Å². The highest BCUT2D eigenvalue weighted by Crippen LogP contribution is 2.29. The van der Waals surface area contributed by atoms with Crippen LogP contribution in [0.4, 0.5) is 11.4 Å². The van der Waals surface area contributed by atoms with Crippen molar-refractivity contribution in [1.29, 1.82) is 0 Å². The molecule has 0 fully saturated rings. The van der Waals surface area contributed by atoms with Gasteiger partial charge in [-0.15, -0.1) is 0 Å². The molecule has 5 heteroatoms. The van der Waals surface area contributed by atoms with E-state index in [4.69, 9.17) is 9.47 Å². The summed E-state index contributed by atoms with van der Waals surface area (Å²) in [5, 5.41) is 6.03. The smallest absolute Gasteiger partial charge is 0.246 e. The molecular formula is C18H22N2O3. The highest BCUT2D eigenvalue weighted by Gasteiger charge is 2.14. The lowest BCUT2D eigenvalue weighted by molar-refractivity contribution is -0.116. The van der Waals surface area contributed by atoms with Gasteiger partial charge in [-0.05, 0) is 38.1 Å². The Hall–Kier alpha value is -2.69. The van der Waals surface area contributed by atoms with Gasteiger partial charge >= 0.3 is 0 Å². The first-order valence-corrected chi connectivity index (χ1v) is 7.39. The summed E-state index contributed by atoms with van der Waals surface area (Å²) in [4.78, 5) is 12.3. The molecule has 2 aromatic rings. The third-order valence-electron chi connectivity index (χ3n) is 3.48. The maximum absolute atomic E-state index is 12.3. The molecule has 0 aliphatic rings. The first-order valence-electron chi connectivity index (χ1n) is 7.39. The average molecular weight is 314 g/mol. The Morgan fingerprint density at radius 2 is 1.57 bits per heavy atom. The van der Waals surface area contributed by atoms with E-state index >= 15 is 0 Å². The zero-order chi connectivity index (χ0) is 16.8. The summed E-state index contributed by atoms with van der Waals surface area (Å²) in [6, 6.07) is 12.8. The van der Waals surface area contributed by atoms with E-state index in [1.165, 1.54) is 5.56 Å². The predicted octanol–water partition coefficient (Wildman–Crippen LogP) is 3.45. The molecular weight excluding hydrogens is 292 g/mol. The number of amides is 1. The van der Waals surface area contributed by atoms with Crippen molar-refractivity contribution in [3.8, 4) is 11.5 Å². The Balaban J connectivity index is 2.01. The number of methoxy groups -OCH3 is 2. The van der Waals surface area contributed by atoms with Gasteiger partial charge in [0.1, 0.15) is 6.04 Å². The fraction of sp³-hybridized carbons (Fsp3) is 0.278. The highest BCUT2D eigenvalue weighted by molar-refractivity contribution is 5.96. The second kappa shape index (κ2) is 7.54. The molecule has 1 atom stereocenters. The zero-order valence-corrected chi connectivity index (χ0v) is 13.8. The number of ether oxygens (including phenoxy) is 2. The molecule has 0 bridgehead atoms. The summed E-state index contributed by atoms with van der Waals surface area (Å²) >= 11 is 0. The number of aryl methyl sites for hydroxylation is 1. The molecule has 0 aliphatic carbocycles. The van der Waals surface area contributed by atoms with Gasteiger partial charge in [0.25, 0.3) is 0 Å². The number of hydrogen-bond acceptors (Lipinski definition) is 4. The van der Waals surface area contributed by atoms with Crippen LogP contribution in [0, 0.1) is 6.92 Å². The number of nitrogens with one attached hydrogen (secondary N) is 2. The molecule has 5 nitrogen and oxygen atoms in total. The van der Waals surface area contributed by atoms with Gasteiger partial charge < -0.3 is 20.1 Å². The third kappa shape index (κ3) is 4.39. The Labute approximate surface area is 136 Å². The second-order valence-electron chi connectivity index (χ2n) is 5.29. The first kappa shape index (κ1) is 16.7. The summed E-state index contributed by atoms with van der Waals surface area (Å²) in [5.41, 5.74) is 2.74. The normalized spacial score (nSPS) is 11.5. The van der Waals surface area contributed by atoms with Crippen LogP contribution in [0.15, 0.2) is 42.5 Å². The standard InChI is InChI=1S/C18H22N2O3/c1-12-5-7-14(8-6-12)19-13(2)18(21)20-15-9-10-16(22-3)17(11-15)23-4/h5-11,13,19H,1-4H3,(H,20,21). The summed E-state index contributed by atoms with van der Waals surface area (Å²) < 4.78 is 10.4. The molecule has 0 saturated heterocycles. The second-order valence-corrected chi connectivity index (χ2v) is 5.29. The van der Waals surface area contributed by atoms with Crippen LogP contribution in [0.3, 0.4) is 0 Å². The summed E-state index contributed by atoms with van der Waals surface area (Å²) in [7, 11) is 3.13. The van der Waals surface area contributed by atoms with Crippen molar-refractivity contribution in [3.63, 3.8) is 0 Å². The van der Waals surface area contributed by atoms with Crippen LogP contribution in [0.1, 0.15) is 12.5 Å². The molecule has 2 N–H and O–H groups in total. The van der Waals surface area contributed by atoms with Gasteiger partial charge in [-0.2, -0.15) is 0 Å². The minimum Gasteiger partial charge on any atom is -0.493 e. The quantitative estimate of drug-likeness (QED) is 0.857. The Morgan fingerprint density at radius 1 is 0.957 bits per heavy atom. The van der Waals surface area contributed by atoms with E-state index in [1.807, 2.05) is 38.1 Å². The van der Waals surface area contributed by atoms with Crippen molar-refractivity contribution in [2.24, 2.45) is 0 Å². The molecule has 1 unspecified atom stereocenters. The highest BCUT2D eigenvalue weighted by atomic mass is 16.5. The van der Waals surface area contributed by atoms with Gasteiger partial charge in [0.2, 0.25) is 5.91 Å². The van der Waals surface area contributed by atoms with Crippen LogP contribution in [0.5, 0.6) is 11.5 Å². The number of carbonyl (C=O) groups is 1. The van der Waals surface area contributed by atoms with Gasteiger partial charge in [0, 0.05) is 17.4 Å². The molecule has 0 saturated carbocycles. The van der Waals surface area contributed by atoms with Crippen LogP contribution < -0.4 is 20.1 Å². The summed E-state index contributed by atoms with van der Waals surface area (Å²) in [5.74, 6) is 1.07. The average Bonchev–Trinajstić information content (AvgIpc) is 2.56. The maximum atomic E-state index is 12.3. The topological polar surface area (TPSA) is 59.6 Å². The van der Waals surface area contributed by atoms with Gasteiger partial charge in [-0.3, -0.25) is 4.79 Å². The van der Waals surface area contributed by atoms with E-state index in [1.54, 1.807) is 32.4 Å². The van der Waals surface area contributed by atoms with Crippen LogP contribution in [0.2, 0.25) is 0 Å². The van der Waals surface area contributed by atoms with Crippen LogP contribution in [-0.2, 0) is 4.79 Å². The van der Waals surface area contributed by atoms with E-state index in [-0.39, 0.29) is 11.9 Å². The molecule has 122 valence electrons. The fourth-order valence-electron chi connectivity index (χ4n) is 2.13. The molecule has 2 rings (SSSR count). The molecule has 0 spiro atoms. The SMILES string of the molecule is COc1ccc(NC(=O)C(C)Nc2ccc(C)cc2)cc1OC. The molecule has 0 aliphatic heterocycles. The monoisotopic (exact) mass is 314 g/mol. The van der Waals surface area contributed by atoms with E-state index in [0.29, 0.717) is 17.2 Å². The first-order chi connectivity index (χ1) is 11.0. The summed E-state index contributed by atoms with van der Waals surface area (Å²) in [6.07, 6.45) is 0. The van der Waals surface area contributed by atoms with E-state index in [9.17, 15) is 4.79 Å². The predicted molar refractivity (Wildman–Crippen MR) is 92.4 cm³/mol. The number of anilines is 2. The van der Waals surface area contributed by atoms with Gasteiger partial charge in [0.15, 0.2) is 11.5 Å². The van der Waals surface area contributed by atoms with Crippen molar-refractivity contribution >= 4 is 17.3 Å². The lowest BCUT2D eigenvalue weighted by Crippen LogP contribution is -2.31. The van der Waals surface area contributed by atoms with Crippen LogP contribution >= 0.6 is 0 Å². The largest absolute Gasteiger partial charge is 0.493 e. The van der Waals surface area contributed by atoms with Crippen molar-refractivity contribution < 1.29 is 14.3 Å². The van der Waals surface area contributed by atoms with Gasteiger partial charge in [-0.1, -0.05) is 17.7 Å². The number of rotatable bonds is 6.